The minimum Gasteiger partial charge on any atom is -0.319 e. The molecule has 0 aromatic carbocycles. The fourth-order valence-electron chi connectivity index (χ4n) is 0.528. The molecule has 38 valence electrons. The molecule has 0 spiro atoms. The van der Waals surface area contributed by atoms with E-state index in [9.17, 15) is 4.79 Å². The van der Waals surface area contributed by atoms with E-state index in [0.717, 1.165) is 13.1 Å². The van der Waals surface area contributed by atoms with Crippen LogP contribution in [0.3, 0.4) is 0 Å². The molecule has 1 saturated heterocycles. The predicted octanol–water partition coefficient (Wildman–Crippen LogP) is -1.07. The van der Waals surface area contributed by atoms with Crippen molar-refractivity contribution in [3.8, 4) is 0 Å². The first-order chi connectivity index (χ1) is 3.43. The Kier molecular flexibility index (Phi) is 1.26. The molecule has 1 fully saturated rings. The van der Waals surface area contributed by atoms with E-state index in [4.69, 9.17) is 0 Å². The second-order valence-corrected chi connectivity index (χ2v) is 1.44. The van der Waals surface area contributed by atoms with Gasteiger partial charge in [0, 0.05) is 13.1 Å². The van der Waals surface area contributed by atoms with Crippen LogP contribution in [0.4, 0.5) is 0 Å². The first kappa shape index (κ1) is 4.59. The zero-order chi connectivity index (χ0) is 5.11. The van der Waals surface area contributed by atoms with Gasteiger partial charge in [-0.05, 0) is 0 Å². The third-order valence-corrected chi connectivity index (χ3v) is 0.928. The molecule has 0 aliphatic carbocycles. The van der Waals surface area contributed by atoms with Gasteiger partial charge >= 0.3 is 6.41 Å². The molecule has 1 rings (SSSR count). The van der Waals surface area contributed by atoms with Crippen molar-refractivity contribution in [2.45, 2.75) is 0 Å². The molecule has 1 aliphatic rings. The summed E-state index contributed by atoms with van der Waals surface area (Å²) in [5, 5.41) is 3.90. The van der Waals surface area contributed by atoms with Gasteiger partial charge in [0.05, 0.1) is 6.67 Å². The summed E-state index contributed by atoms with van der Waals surface area (Å²) in [6, 6.07) is 0. The van der Waals surface area contributed by atoms with E-state index >= 15 is 0 Å². The van der Waals surface area contributed by atoms with Crippen LogP contribution in [-0.2, 0) is 4.79 Å². The van der Waals surface area contributed by atoms with Crippen LogP contribution >= 0.6 is 0 Å². The minimum absolute atomic E-state index is 0.545. The molecule has 0 unspecified atom stereocenters. The van der Waals surface area contributed by atoms with Crippen molar-refractivity contribution in [3.05, 3.63) is 0 Å². The molecule has 0 atom stereocenters. The molecule has 0 bridgehead atoms. The molecular formula is C4H6N2O. The Balaban J connectivity index is 2.26. The van der Waals surface area contributed by atoms with E-state index < -0.39 is 0 Å². The van der Waals surface area contributed by atoms with E-state index in [2.05, 4.69) is 5.32 Å². The summed E-state index contributed by atoms with van der Waals surface area (Å²) in [6.07, 6.45) is 1.75. The van der Waals surface area contributed by atoms with Gasteiger partial charge in [0.1, 0.15) is 0 Å². The van der Waals surface area contributed by atoms with Crippen molar-refractivity contribution in [2.75, 3.05) is 19.8 Å². The molecule has 1 amide bonds. The maximum Gasteiger partial charge on any atom is 0.313 e. The van der Waals surface area contributed by atoms with Crippen LogP contribution < -0.4 is 5.32 Å². The van der Waals surface area contributed by atoms with Crippen molar-refractivity contribution in [3.63, 3.8) is 0 Å². The first-order valence-electron chi connectivity index (χ1n) is 2.19. The quantitative estimate of drug-likeness (QED) is 0.411. The lowest BCUT2D eigenvalue weighted by atomic mass is 10.7. The van der Waals surface area contributed by atoms with Gasteiger partial charge in [-0.2, -0.15) is 0 Å². The fourth-order valence-corrected chi connectivity index (χ4v) is 0.528. The average Bonchev–Trinajstić information content (AvgIpc) is 2.14. The Morgan fingerprint density at radius 2 is 2.57 bits per heavy atom. The number of nitrogens with zero attached hydrogens (tertiary/aromatic N) is 2. The molecule has 0 aromatic rings. The Morgan fingerprint density at radius 1 is 1.71 bits per heavy atom. The third kappa shape index (κ3) is 0.899. The highest BCUT2D eigenvalue weighted by Crippen LogP contribution is 1.86. The maximum absolute atomic E-state index is 9.75. The Hall–Kier alpha value is -0.570. The van der Waals surface area contributed by atoms with Gasteiger partial charge in [-0.15, -0.1) is 0 Å². The Labute approximate surface area is 42.3 Å². The van der Waals surface area contributed by atoms with Gasteiger partial charge in [-0.1, -0.05) is 0 Å². The standard InChI is InChI=1S/C4H6N2O/c7-4-6-2-1-5-3-6/h1-3H2. The number of hydrogen-bond acceptors (Lipinski definition) is 1. The zero-order valence-electron chi connectivity index (χ0n) is 3.92. The predicted molar refractivity (Wildman–Crippen MR) is 24.3 cm³/mol. The van der Waals surface area contributed by atoms with E-state index in [1.54, 1.807) is 6.41 Å². The molecular weight excluding hydrogens is 92.1 g/mol. The van der Waals surface area contributed by atoms with Crippen molar-refractivity contribution in [1.82, 2.24) is 10.2 Å². The third-order valence-electron chi connectivity index (χ3n) is 0.928. The Bertz CT molecular complexity index is 68.1. The smallest absolute Gasteiger partial charge is 0.313 e. The van der Waals surface area contributed by atoms with Crippen LogP contribution in [0.5, 0.6) is 0 Å². The molecule has 0 aromatic heterocycles. The van der Waals surface area contributed by atoms with Crippen LogP contribution in [0.1, 0.15) is 0 Å². The molecule has 3 nitrogen and oxygen atoms in total. The van der Waals surface area contributed by atoms with E-state index in [-0.39, 0.29) is 0 Å². The number of amides is 1. The van der Waals surface area contributed by atoms with Gasteiger partial charge in [0.2, 0.25) is 0 Å². The second kappa shape index (κ2) is 1.93. The summed E-state index contributed by atoms with van der Waals surface area (Å²) in [5.74, 6) is 0. The summed E-state index contributed by atoms with van der Waals surface area (Å²) in [7, 11) is 0. The zero-order valence-corrected chi connectivity index (χ0v) is 3.92. The largest absolute Gasteiger partial charge is 0.319 e. The highest BCUT2D eigenvalue weighted by Gasteiger charge is 2.07. The number of carbonyl (C=O) groups excluding carboxylic acids is 1. The number of rotatable bonds is 1. The highest BCUT2D eigenvalue weighted by molar-refractivity contribution is 5.48. The van der Waals surface area contributed by atoms with Crippen LogP contribution in [0.25, 0.3) is 0 Å². The van der Waals surface area contributed by atoms with Crippen LogP contribution in [0.2, 0.25) is 0 Å². The van der Waals surface area contributed by atoms with Gasteiger partial charge in [-0.25, -0.2) is 5.32 Å². The van der Waals surface area contributed by atoms with Crippen molar-refractivity contribution < 1.29 is 4.79 Å². The topological polar surface area (TPSA) is 34.4 Å². The monoisotopic (exact) mass is 98.0 g/mol. The molecule has 0 saturated carbocycles. The summed E-state index contributed by atoms with van der Waals surface area (Å²) < 4.78 is 0. The molecule has 2 radical (unpaired) electrons. The summed E-state index contributed by atoms with van der Waals surface area (Å²) in [4.78, 5) is 11.3. The molecule has 3 heteroatoms. The van der Waals surface area contributed by atoms with Gasteiger partial charge < -0.3 is 4.90 Å². The molecule has 1 heterocycles. The summed E-state index contributed by atoms with van der Waals surface area (Å²) in [6.45, 7) is 2.09. The lowest BCUT2D eigenvalue weighted by molar-refractivity contribution is 0.436. The SMILES string of the molecule is O=[C]N1CC[N]C1. The van der Waals surface area contributed by atoms with Gasteiger partial charge in [-0.3, -0.25) is 4.79 Å². The van der Waals surface area contributed by atoms with Crippen LogP contribution in [0, 0.1) is 0 Å². The first-order valence-corrected chi connectivity index (χ1v) is 2.19. The minimum atomic E-state index is 0.545. The molecule has 7 heavy (non-hydrogen) atoms. The Morgan fingerprint density at radius 3 is 2.86 bits per heavy atom. The molecule has 0 N–H and O–H groups in total. The normalized spacial score (nSPS) is 20.3. The van der Waals surface area contributed by atoms with Crippen molar-refractivity contribution in [2.24, 2.45) is 0 Å². The van der Waals surface area contributed by atoms with Crippen LogP contribution in [0.15, 0.2) is 0 Å². The fraction of sp³-hybridized carbons (Fsp3) is 0.750. The van der Waals surface area contributed by atoms with E-state index in [1.165, 1.54) is 4.90 Å². The molecule has 1 aliphatic heterocycles. The second-order valence-electron chi connectivity index (χ2n) is 1.44. The van der Waals surface area contributed by atoms with Crippen molar-refractivity contribution >= 4 is 6.41 Å². The number of hydrogen-bond donors (Lipinski definition) is 0. The van der Waals surface area contributed by atoms with Crippen LogP contribution in [-0.4, -0.2) is 31.1 Å². The summed E-state index contributed by atoms with van der Waals surface area (Å²) >= 11 is 0. The van der Waals surface area contributed by atoms with Gasteiger partial charge in [0.15, 0.2) is 0 Å². The summed E-state index contributed by atoms with van der Waals surface area (Å²) in [5.41, 5.74) is 0. The van der Waals surface area contributed by atoms with E-state index in [1.807, 2.05) is 0 Å². The lowest BCUT2D eigenvalue weighted by Crippen LogP contribution is -2.17. The highest BCUT2D eigenvalue weighted by atomic mass is 16.1. The van der Waals surface area contributed by atoms with Crippen molar-refractivity contribution in [1.29, 1.82) is 0 Å². The maximum atomic E-state index is 9.75. The average molecular weight is 98.1 g/mol. The van der Waals surface area contributed by atoms with E-state index in [0.29, 0.717) is 6.67 Å². The lowest BCUT2D eigenvalue weighted by Gasteiger charge is -1.99. The van der Waals surface area contributed by atoms with Gasteiger partial charge in [0.25, 0.3) is 0 Å².